The number of likely N-dealkylation sites (N-methyl/N-ethyl adjacent to an activating group) is 1. The highest BCUT2D eigenvalue weighted by molar-refractivity contribution is 5.89. The lowest BCUT2D eigenvalue weighted by Crippen LogP contribution is -2.33. The smallest absolute Gasteiger partial charge is 0.307 e. The van der Waals surface area contributed by atoms with Crippen LogP contribution >= 0.6 is 0 Å². The number of aromatic nitrogens is 1. The van der Waals surface area contributed by atoms with Crippen molar-refractivity contribution in [3.8, 4) is 0 Å². The minimum atomic E-state index is -0.868. The van der Waals surface area contributed by atoms with Gasteiger partial charge in [0, 0.05) is 30.2 Å². The number of rotatable bonds is 6. The zero-order valence-electron chi connectivity index (χ0n) is 12.4. The number of carbonyl (C=O) groups is 2. The molecule has 1 aromatic carbocycles. The molecule has 0 aliphatic heterocycles. The zero-order valence-corrected chi connectivity index (χ0v) is 12.4. The third-order valence-electron chi connectivity index (χ3n) is 3.63. The van der Waals surface area contributed by atoms with Crippen LogP contribution in [0.4, 0.5) is 0 Å². The molecule has 0 saturated heterocycles. The van der Waals surface area contributed by atoms with Gasteiger partial charge in [0.2, 0.25) is 5.91 Å². The Morgan fingerprint density at radius 1 is 1.19 bits per heavy atom. The SMILES string of the molecule is CCN(CC)C(=O)Cn1cc(CC(=O)O)c2ccccc21. The standard InChI is InChI=1S/C16H20N2O3/c1-3-17(4-2)15(19)11-18-10-12(9-16(20)21)13-7-5-6-8-14(13)18/h5-8,10H,3-4,9,11H2,1-2H3,(H,20,21). The molecule has 5 heteroatoms. The zero-order chi connectivity index (χ0) is 15.4. The lowest BCUT2D eigenvalue weighted by molar-refractivity contribution is -0.136. The van der Waals surface area contributed by atoms with Crippen molar-refractivity contribution in [2.45, 2.75) is 26.8 Å². The van der Waals surface area contributed by atoms with Gasteiger partial charge in [0.15, 0.2) is 0 Å². The van der Waals surface area contributed by atoms with E-state index in [0.717, 1.165) is 16.5 Å². The largest absolute Gasteiger partial charge is 0.481 e. The molecule has 1 aromatic heterocycles. The Morgan fingerprint density at radius 3 is 2.48 bits per heavy atom. The van der Waals surface area contributed by atoms with Crippen LogP contribution in [0.5, 0.6) is 0 Å². The van der Waals surface area contributed by atoms with Gasteiger partial charge < -0.3 is 14.6 Å². The first-order valence-electron chi connectivity index (χ1n) is 7.13. The van der Waals surface area contributed by atoms with E-state index >= 15 is 0 Å². The first kappa shape index (κ1) is 15.1. The summed E-state index contributed by atoms with van der Waals surface area (Å²) in [5.74, 6) is -0.824. The number of nitrogens with zero attached hydrogens (tertiary/aromatic N) is 2. The van der Waals surface area contributed by atoms with Crippen molar-refractivity contribution in [3.63, 3.8) is 0 Å². The van der Waals surface area contributed by atoms with Gasteiger partial charge >= 0.3 is 5.97 Å². The van der Waals surface area contributed by atoms with Gasteiger partial charge in [0.05, 0.1) is 6.42 Å². The number of hydrogen-bond acceptors (Lipinski definition) is 2. The molecule has 0 bridgehead atoms. The maximum Gasteiger partial charge on any atom is 0.307 e. The minimum absolute atomic E-state index is 0.0347. The van der Waals surface area contributed by atoms with Crippen molar-refractivity contribution < 1.29 is 14.7 Å². The van der Waals surface area contributed by atoms with Crippen molar-refractivity contribution in [2.75, 3.05) is 13.1 Å². The Balaban J connectivity index is 2.35. The molecule has 2 aromatic rings. The molecule has 0 spiro atoms. The molecule has 1 heterocycles. The molecule has 0 saturated carbocycles. The molecule has 112 valence electrons. The van der Waals surface area contributed by atoms with E-state index in [-0.39, 0.29) is 18.9 Å². The molecule has 0 aliphatic rings. The lowest BCUT2D eigenvalue weighted by Gasteiger charge is -2.19. The Morgan fingerprint density at radius 2 is 1.86 bits per heavy atom. The number of para-hydroxylation sites is 1. The summed E-state index contributed by atoms with van der Waals surface area (Å²) < 4.78 is 1.84. The van der Waals surface area contributed by atoms with Gasteiger partial charge in [-0.3, -0.25) is 9.59 Å². The summed E-state index contributed by atoms with van der Waals surface area (Å²) in [6.07, 6.45) is 1.74. The summed E-state index contributed by atoms with van der Waals surface area (Å²) in [6.45, 7) is 5.49. The van der Waals surface area contributed by atoms with E-state index < -0.39 is 5.97 Å². The van der Waals surface area contributed by atoms with Crippen LogP contribution < -0.4 is 0 Å². The summed E-state index contributed by atoms with van der Waals surface area (Å²) in [6, 6.07) is 7.58. The second-order valence-electron chi connectivity index (χ2n) is 4.94. The first-order valence-corrected chi connectivity index (χ1v) is 7.13. The predicted molar refractivity (Wildman–Crippen MR) is 81.2 cm³/mol. The lowest BCUT2D eigenvalue weighted by atomic mass is 10.1. The molecule has 0 unspecified atom stereocenters. The number of hydrogen-bond donors (Lipinski definition) is 1. The summed E-state index contributed by atoms with van der Waals surface area (Å²) in [4.78, 5) is 25.0. The number of carboxylic acid groups (broad SMARTS) is 1. The first-order chi connectivity index (χ1) is 10.1. The van der Waals surface area contributed by atoms with Gasteiger partial charge in [-0.05, 0) is 25.5 Å². The van der Waals surface area contributed by atoms with Crippen LogP contribution in [-0.4, -0.2) is 39.5 Å². The summed E-state index contributed by atoms with van der Waals surface area (Å²) >= 11 is 0. The molecule has 0 atom stereocenters. The maximum absolute atomic E-state index is 12.2. The number of benzene rings is 1. The van der Waals surface area contributed by atoms with E-state index in [4.69, 9.17) is 5.11 Å². The predicted octanol–water partition coefficient (Wildman–Crippen LogP) is 2.14. The van der Waals surface area contributed by atoms with E-state index in [2.05, 4.69) is 0 Å². The third-order valence-corrected chi connectivity index (χ3v) is 3.63. The van der Waals surface area contributed by atoms with Crippen LogP contribution in [0.1, 0.15) is 19.4 Å². The fourth-order valence-electron chi connectivity index (χ4n) is 2.58. The van der Waals surface area contributed by atoms with Crippen molar-refractivity contribution >= 4 is 22.8 Å². The Labute approximate surface area is 123 Å². The highest BCUT2D eigenvalue weighted by Crippen LogP contribution is 2.22. The van der Waals surface area contributed by atoms with E-state index in [1.165, 1.54) is 0 Å². The molecule has 21 heavy (non-hydrogen) atoms. The van der Waals surface area contributed by atoms with E-state index in [9.17, 15) is 9.59 Å². The minimum Gasteiger partial charge on any atom is -0.481 e. The van der Waals surface area contributed by atoms with Gasteiger partial charge in [-0.15, -0.1) is 0 Å². The van der Waals surface area contributed by atoms with Crippen molar-refractivity contribution in [3.05, 3.63) is 36.0 Å². The van der Waals surface area contributed by atoms with E-state index in [1.807, 2.05) is 42.7 Å². The highest BCUT2D eigenvalue weighted by atomic mass is 16.4. The van der Waals surface area contributed by atoms with Crippen LogP contribution in [0, 0.1) is 0 Å². The van der Waals surface area contributed by atoms with Crippen LogP contribution in [0.25, 0.3) is 10.9 Å². The van der Waals surface area contributed by atoms with Gasteiger partial charge in [-0.25, -0.2) is 0 Å². The number of fused-ring (bicyclic) bond motifs is 1. The van der Waals surface area contributed by atoms with Crippen LogP contribution in [0.3, 0.4) is 0 Å². The quantitative estimate of drug-likeness (QED) is 0.885. The average molecular weight is 288 g/mol. The molecular formula is C16H20N2O3. The summed E-state index contributed by atoms with van der Waals surface area (Å²) in [5.41, 5.74) is 1.64. The second kappa shape index (κ2) is 6.43. The number of aliphatic carboxylic acids is 1. The fourth-order valence-corrected chi connectivity index (χ4v) is 2.58. The molecule has 0 fully saturated rings. The van der Waals surface area contributed by atoms with Crippen molar-refractivity contribution in [2.24, 2.45) is 0 Å². The molecular weight excluding hydrogens is 268 g/mol. The summed E-state index contributed by atoms with van der Waals surface area (Å²) in [5, 5.41) is 9.89. The van der Waals surface area contributed by atoms with Crippen LogP contribution in [-0.2, 0) is 22.6 Å². The van der Waals surface area contributed by atoms with Gasteiger partial charge in [0.25, 0.3) is 0 Å². The van der Waals surface area contributed by atoms with E-state index in [1.54, 1.807) is 11.1 Å². The van der Waals surface area contributed by atoms with Crippen molar-refractivity contribution in [1.82, 2.24) is 9.47 Å². The number of amides is 1. The fraction of sp³-hybridized carbons (Fsp3) is 0.375. The van der Waals surface area contributed by atoms with Crippen LogP contribution in [0.2, 0.25) is 0 Å². The molecule has 0 aliphatic carbocycles. The Kier molecular flexibility index (Phi) is 4.62. The molecule has 1 N–H and O–H groups in total. The van der Waals surface area contributed by atoms with Crippen molar-refractivity contribution in [1.29, 1.82) is 0 Å². The number of carbonyl (C=O) groups excluding carboxylic acids is 1. The Bertz CT molecular complexity index is 657. The normalized spacial score (nSPS) is 10.8. The monoisotopic (exact) mass is 288 g/mol. The molecule has 5 nitrogen and oxygen atoms in total. The third kappa shape index (κ3) is 3.24. The van der Waals surface area contributed by atoms with E-state index in [0.29, 0.717) is 13.1 Å². The Hall–Kier alpha value is -2.30. The molecule has 0 radical (unpaired) electrons. The highest BCUT2D eigenvalue weighted by Gasteiger charge is 2.15. The summed E-state index contributed by atoms with van der Waals surface area (Å²) in [7, 11) is 0. The van der Waals surface area contributed by atoms with Crippen LogP contribution in [0.15, 0.2) is 30.5 Å². The molecule has 1 amide bonds. The average Bonchev–Trinajstić information content (AvgIpc) is 2.78. The second-order valence-corrected chi connectivity index (χ2v) is 4.94. The molecule has 2 rings (SSSR count). The van der Waals surface area contributed by atoms with Gasteiger partial charge in [-0.2, -0.15) is 0 Å². The topological polar surface area (TPSA) is 62.5 Å². The maximum atomic E-state index is 12.2. The number of carboxylic acids is 1. The van der Waals surface area contributed by atoms with Gasteiger partial charge in [0.1, 0.15) is 6.54 Å². The van der Waals surface area contributed by atoms with Gasteiger partial charge in [-0.1, -0.05) is 18.2 Å².